The highest BCUT2D eigenvalue weighted by Crippen LogP contribution is 2.37. The van der Waals surface area contributed by atoms with E-state index in [1.54, 1.807) is 20.1 Å². The molecule has 6 nitrogen and oxygen atoms in total. The van der Waals surface area contributed by atoms with E-state index >= 15 is 0 Å². The van der Waals surface area contributed by atoms with Crippen LogP contribution in [0.4, 0.5) is 0 Å². The number of piperidine rings is 1. The lowest BCUT2D eigenvalue weighted by Crippen LogP contribution is -2.39. The molecular weight excluding hydrogens is 380 g/mol. The number of hydrogen-bond donors (Lipinski definition) is 1. The molecule has 1 aromatic carbocycles. The molecule has 2 unspecified atom stereocenters. The third kappa shape index (κ3) is 4.33. The third-order valence-corrected chi connectivity index (χ3v) is 5.53. The molecule has 0 aliphatic carbocycles. The van der Waals surface area contributed by atoms with Gasteiger partial charge in [-0.2, -0.15) is 0 Å². The molecular formula is C21H27ClN2O4. The Morgan fingerprint density at radius 2 is 2.18 bits per heavy atom. The van der Waals surface area contributed by atoms with Crippen LogP contribution in [0.5, 0.6) is 11.5 Å². The Morgan fingerprint density at radius 1 is 1.36 bits per heavy atom. The largest absolute Gasteiger partial charge is 0.493 e. The Morgan fingerprint density at radius 3 is 2.82 bits per heavy atom. The molecule has 2 aromatic rings. The van der Waals surface area contributed by atoms with E-state index in [9.17, 15) is 4.79 Å². The van der Waals surface area contributed by atoms with Gasteiger partial charge in [-0.15, -0.1) is 0 Å². The van der Waals surface area contributed by atoms with Crippen molar-refractivity contribution in [2.45, 2.75) is 39.2 Å². The van der Waals surface area contributed by atoms with Crippen LogP contribution in [0, 0.1) is 5.92 Å². The second-order valence-electron chi connectivity index (χ2n) is 6.90. The molecule has 0 amide bonds. The maximum Gasteiger partial charge on any atom is 0.341 e. The highest BCUT2D eigenvalue weighted by atomic mass is 35.5. The van der Waals surface area contributed by atoms with Crippen molar-refractivity contribution < 1.29 is 19.0 Å². The predicted molar refractivity (Wildman–Crippen MR) is 110 cm³/mol. The minimum Gasteiger partial charge on any atom is -0.493 e. The number of rotatable bonds is 7. The first-order valence-corrected chi connectivity index (χ1v) is 10.2. The lowest BCUT2D eigenvalue weighted by atomic mass is 9.92. The van der Waals surface area contributed by atoms with Gasteiger partial charge >= 0.3 is 5.97 Å². The first-order chi connectivity index (χ1) is 13.6. The quantitative estimate of drug-likeness (QED) is 0.694. The van der Waals surface area contributed by atoms with Gasteiger partial charge in [0.2, 0.25) is 0 Å². The molecule has 152 valence electrons. The number of halogens is 1. The number of carbonyl (C=O) groups excluding carboxylic acids is 1. The standard InChI is InChI=1S/C21H27ClN2O4/c1-4-17(13-7-6-8-23-11-13)28-19-10-16-14(9-18(19)26-3)20(22)15(12-24-16)21(25)27-5-2/h9-10,12-13,17,23H,4-8,11H2,1-3H3. The summed E-state index contributed by atoms with van der Waals surface area (Å²) in [5, 5.41) is 4.37. The first kappa shape index (κ1) is 20.7. The van der Waals surface area contributed by atoms with Gasteiger partial charge in [-0.05, 0) is 38.8 Å². The maximum atomic E-state index is 12.1. The third-order valence-electron chi connectivity index (χ3n) is 5.12. The van der Waals surface area contributed by atoms with Crippen LogP contribution in [0.15, 0.2) is 18.3 Å². The molecule has 0 saturated carbocycles. The summed E-state index contributed by atoms with van der Waals surface area (Å²) in [4.78, 5) is 16.5. The summed E-state index contributed by atoms with van der Waals surface area (Å²) in [7, 11) is 1.59. The normalized spacial score (nSPS) is 17.9. The molecule has 2 heterocycles. The molecule has 0 spiro atoms. The number of nitrogens with one attached hydrogen (secondary N) is 1. The Hall–Kier alpha value is -2.05. The first-order valence-electron chi connectivity index (χ1n) is 9.79. The number of aromatic nitrogens is 1. The van der Waals surface area contributed by atoms with E-state index < -0.39 is 5.97 Å². The number of nitrogens with zero attached hydrogens (tertiary/aromatic N) is 1. The number of methoxy groups -OCH3 is 1. The number of benzene rings is 1. The highest BCUT2D eigenvalue weighted by Gasteiger charge is 2.25. The molecule has 28 heavy (non-hydrogen) atoms. The lowest BCUT2D eigenvalue weighted by Gasteiger charge is -2.31. The summed E-state index contributed by atoms with van der Waals surface area (Å²) >= 11 is 6.46. The van der Waals surface area contributed by atoms with Crippen molar-refractivity contribution in [3.8, 4) is 11.5 Å². The van der Waals surface area contributed by atoms with E-state index in [0.29, 0.717) is 33.3 Å². The van der Waals surface area contributed by atoms with E-state index in [1.807, 2.05) is 6.07 Å². The second-order valence-corrected chi connectivity index (χ2v) is 7.28. The molecule has 0 radical (unpaired) electrons. The van der Waals surface area contributed by atoms with E-state index in [4.69, 9.17) is 25.8 Å². The van der Waals surface area contributed by atoms with Crippen molar-refractivity contribution in [1.29, 1.82) is 0 Å². The minimum absolute atomic E-state index is 0.0911. The van der Waals surface area contributed by atoms with E-state index in [0.717, 1.165) is 32.4 Å². The van der Waals surface area contributed by atoms with Crippen LogP contribution in [0.3, 0.4) is 0 Å². The summed E-state index contributed by atoms with van der Waals surface area (Å²) < 4.78 is 16.9. The van der Waals surface area contributed by atoms with Gasteiger partial charge < -0.3 is 19.5 Å². The van der Waals surface area contributed by atoms with Gasteiger partial charge in [0.1, 0.15) is 6.10 Å². The minimum atomic E-state index is -0.489. The summed E-state index contributed by atoms with van der Waals surface area (Å²) in [6.45, 7) is 6.18. The predicted octanol–water partition coefficient (Wildman–Crippen LogP) is 4.23. The van der Waals surface area contributed by atoms with Crippen molar-refractivity contribution >= 4 is 28.5 Å². The average Bonchev–Trinajstić information content (AvgIpc) is 2.72. The van der Waals surface area contributed by atoms with Crippen LogP contribution in [-0.2, 0) is 4.74 Å². The van der Waals surface area contributed by atoms with Crippen molar-refractivity contribution in [3.63, 3.8) is 0 Å². The van der Waals surface area contributed by atoms with Crippen LogP contribution in [0.1, 0.15) is 43.5 Å². The summed E-state index contributed by atoms with van der Waals surface area (Å²) in [6, 6.07) is 3.60. The molecule has 3 rings (SSSR count). The topological polar surface area (TPSA) is 69.7 Å². The zero-order chi connectivity index (χ0) is 20.1. The van der Waals surface area contributed by atoms with Crippen LogP contribution in [-0.4, -0.2) is 43.9 Å². The molecule has 1 N–H and O–H groups in total. The fourth-order valence-electron chi connectivity index (χ4n) is 3.64. The molecule has 1 aliphatic rings. The highest BCUT2D eigenvalue weighted by molar-refractivity contribution is 6.38. The van der Waals surface area contributed by atoms with Crippen LogP contribution in [0.25, 0.3) is 10.9 Å². The average molecular weight is 407 g/mol. The molecule has 7 heteroatoms. The van der Waals surface area contributed by atoms with Crippen molar-refractivity contribution in [2.75, 3.05) is 26.8 Å². The van der Waals surface area contributed by atoms with Crippen molar-refractivity contribution in [1.82, 2.24) is 10.3 Å². The van der Waals surface area contributed by atoms with Gasteiger partial charge in [-0.25, -0.2) is 4.79 Å². The van der Waals surface area contributed by atoms with Gasteiger partial charge in [0.15, 0.2) is 11.5 Å². The molecule has 1 aromatic heterocycles. The van der Waals surface area contributed by atoms with E-state index in [-0.39, 0.29) is 18.3 Å². The Balaban J connectivity index is 1.94. The smallest absolute Gasteiger partial charge is 0.341 e. The number of carbonyl (C=O) groups is 1. The zero-order valence-electron chi connectivity index (χ0n) is 16.6. The lowest BCUT2D eigenvalue weighted by molar-refractivity contribution is 0.0526. The maximum absolute atomic E-state index is 12.1. The number of pyridine rings is 1. The number of ether oxygens (including phenoxy) is 3. The Kier molecular flexibility index (Phi) is 6.97. The van der Waals surface area contributed by atoms with Crippen molar-refractivity contribution in [2.24, 2.45) is 5.92 Å². The summed E-state index contributed by atoms with van der Waals surface area (Å²) in [5.74, 6) is 1.18. The fourth-order valence-corrected chi connectivity index (χ4v) is 3.92. The number of esters is 1. The zero-order valence-corrected chi connectivity index (χ0v) is 17.3. The van der Waals surface area contributed by atoms with E-state index in [2.05, 4.69) is 17.2 Å². The summed E-state index contributed by atoms with van der Waals surface area (Å²) in [5.41, 5.74) is 0.886. The van der Waals surface area contributed by atoms with Gasteiger partial charge in [0, 0.05) is 30.1 Å². The van der Waals surface area contributed by atoms with Gasteiger partial charge in [-0.3, -0.25) is 4.98 Å². The molecule has 1 saturated heterocycles. The van der Waals surface area contributed by atoms with Crippen LogP contribution < -0.4 is 14.8 Å². The van der Waals surface area contributed by atoms with Gasteiger partial charge in [0.05, 0.1) is 29.8 Å². The molecule has 0 bridgehead atoms. The second kappa shape index (κ2) is 9.43. The fraction of sp³-hybridized carbons (Fsp3) is 0.524. The molecule has 2 atom stereocenters. The Bertz CT molecular complexity index is 837. The van der Waals surface area contributed by atoms with E-state index in [1.165, 1.54) is 6.20 Å². The van der Waals surface area contributed by atoms with Crippen LogP contribution >= 0.6 is 11.6 Å². The number of fused-ring (bicyclic) bond motifs is 1. The van der Waals surface area contributed by atoms with Crippen LogP contribution in [0.2, 0.25) is 5.02 Å². The molecule has 1 aliphatic heterocycles. The summed E-state index contributed by atoms with van der Waals surface area (Å²) in [6.07, 6.45) is 4.75. The van der Waals surface area contributed by atoms with Crippen molar-refractivity contribution in [3.05, 3.63) is 28.9 Å². The number of hydrogen-bond acceptors (Lipinski definition) is 6. The van der Waals surface area contributed by atoms with Gasteiger partial charge in [0.25, 0.3) is 0 Å². The molecule has 1 fully saturated rings. The van der Waals surface area contributed by atoms with Gasteiger partial charge in [-0.1, -0.05) is 18.5 Å². The monoisotopic (exact) mass is 406 g/mol. The SMILES string of the molecule is CCOC(=O)c1cnc2cc(OC(CC)C3CCCNC3)c(OC)cc2c1Cl. The Labute approximate surface area is 170 Å².